The van der Waals surface area contributed by atoms with Gasteiger partial charge in [0.2, 0.25) is 5.82 Å². The fraction of sp³-hybridized carbons (Fsp3) is 0.609. The van der Waals surface area contributed by atoms with E-state index in [0.29, 0.717) is 38.2 Å². The van der Waals surface area contributed by atoms with Gasteiger partial charge >= 0.3 is 5.97 Å². The van der Waals surface area contributed by atoms with E-state index in [0.717, 1.165) is 48.4 Å². The number of amides is 1. The number of nitrogens with zero attached hydrogens (tertiary/aromatic N) is 5. The van der Waals surface area contributed by atoms with E-state index in [1.807, 2.05) is 19.9 Å². The zero-order valence-corrected chi connectivity index (χ0v) is 18.7. The minimum atomic E-state index is -0.191. The first kappa shape index (κ1) is 21.5. The van der Waals surface area contributed by atoms with Crippen molar-refractivity contribution >= 4 is 28.7 Å². The molecule has 2 aliphatic rings. The topological polar surface area (TPSA) is 88.5 Å². The SMILES string of the molecule is CCOC(=O)C1CCN(C(=O)c2nc(N3CCCCC3)c3c(C)cc(C)nc3n2)CC1. The van der Waals surface area contributed by atoms with Crippen molar-refractivity contribution in [3.8, 4) is 0 Å². The predicted octanol–water partition coefficient (Wildman–Crippen LogP) is 3.05. The first-order chi connectivity index (χ1) is 15.0. The minimum Gasteiger partial charge on any atom is -0.466 e. The molecule has 1 amide bonds. The highest BCUT2D eigenvalue weighted by Gasteiger charge is 2.31. The lowest BCUT2D eigenvalue weighted by atomic mass is 9.97. The summed E-state index contributed by atoms with van der Waals surface area (Å²) in [6.07, 6.45) is 4.67. The molecule has 2 saturated heterocycles. The van der Waals surface area contributed by atoms with E-state index in [2.05, 4.69) is 21.8 Å². The third kappa shape index (κ3) is 4.48. The van der Waals surface area contributed by atoms with E-state index >= 15 is 0 Å². The molecule has 2 fully saturated rings. The maximum Gasteiger partial charge on any atom is 0.309 e. The van der Waals surface area contributed by atoms with Crippen molar-refractivity contribution in [3.63, 3.8) is 0 Å². The van der Waals surface area contributed by atoms with E-state index < -0.39 is 0 Å². The Morgan fingerprint density at radius 3 is 2.42 bits per heavy atom. The van der Waals surface area contributed by atoms with Gasteiger partial charge in [-0.15, -0.1) is 0 Å². The van der Waals surface area contributed by atoms with E-state index in [9.17, 15) is 9.59 Å². The van der Waals surface area contributed by atoms with Gasteiger partial charge in [-0.05, 0) is 64.5 Å². The Hall–Kier alpha value is -2.77. The summed E-state index contributed by atoms with van der Waals surface area (Å²) < 4.78 is 5.13. The van der Waals surface area contributed by atoms with Crippen molar-refractivity contribution < 1.29 is 14.3 Å². The molecule has 0 aliphatic carbocycles. The van der Waals surface area contributed by atoms with E-state index in [-0.39, 0.29) is 23.6 Å². The Kier molecular flexibility index (Phi) is 6.34. The Bertz CT molecular complexity index is 979. The molecule has 0 bridgehead atoms. The minimum absolute atomic E-state index is 0.141. The Morgan fingerprint density at radius 2 is 1.74 bits per heavy atom. The van der Waals surface area contributed by atoms with Crippen molar-refractivity contribution in [3.05, 3.63) is 23.1 Å². The quantitative estimate of drug-likeness (QED) is 0.696. The molecule has 8 heteroatoms. The number of piperidine rings is 2. The molecule has 0 unspecified atom stereocenters. The summed E-state index contributed by atoms with van der Waals surface area (Å²) in [6, 6.07) is 2.04. The molecule has 4 rings (SSSR count). The molecule has 2 aliphatic heterocycles. The largest absolute Gasteiger partial charge is 0.466 e. The maximum absolute atomic E-state index is 13.3. The lowest BCUT2D eigenvalue weighted by molar-refractivity contribution is -0.149. The number of hydrogen-bond acceptors (Lipinski definition) is 7. The molecule has 0 saturated carbocycles. The number of aromatic nitrogens is 3. The summed E-state index contributed by atoms with van der Waals surface area (Å²) in [6.45, 7) is 9.05. The van der Waals surface area contributed by atoms with Crippen LogP contribution in [0.2, 0.25) is 0 Å². The number of hydrogen-bond donors (Lipinski definition) is 0. The zero-order chi connectivity index (χ0) is 22.0. The Labute approximate surface area is 183 Å². The second-order valence-electron chi connectivity index (χ2n) is 8.52. The fourth-order valence-corrected chi connectivity index (χ4v) is 4.61. The first-order valence-corrected chi connectivity index (χ1v) is 11.3. The molecule has 166 valence electrons. The molecular weight excluding hydrogens is 394 g/mol. The molecule has 8 nitrogen and oxygen atoms in total. The standard InChI is InChI=1S/C23H31N5O3/c1-4-31-23(30)17-8-12-28(13-9-17)22(29)20-25-19-18(15(2)14-16(3)24-19)21(26-20)27-10-6-5-7-11-27/h14,17H,4-13H2,1-3H3. The van der Waals surface area contributed by atoms with Gasteiger partial charge in [0.25, 0.3) is 5.91 Å². The lowest BCUT2D eigenvalue weighted by Gasteiger charge is -2.31. The number of rotatable bonds is 4. The molecule has 0 radical (unpaired) electrons. The number of likely N-dealkylation sites (tertiary alicyclic amines) is 1. The summed E-state index contributed by atoms with van der Waals surface area (Å²) in [4.78, 5) is 43.3. The van der Waals surface area contributed by atoms with Crippen LogP contribution in [0.3, 0.4) is 0 Å². The van der Waals surface area contributed by atoms with Gasteiger partial charge in [0.1, 0.15) is 5.82 Å². The van der Waals surface area contributed by atoms with Crippen LogP contribution in [-0.2, 0) is 9.53 Å². The summed E-state index contributed by atoms with van der Waals surface area (Å²) in [7, 11) is 0. The van der Waals surface area contributed by atoms with Crippen LogP contribution in [0.15, 0.2) is 6.07 Å². The molecule has 2 aromatic rings. The number of pyridine rings is 1. The van der Waals surface area contributed by atoms with Gasteiger partial charge in [0.05, 0.1) is 17.9 Å². The van der Waals surface area contributed by atoms with Gasteiger partial charge in [-0.3, -0.25) is 9.59 Å². The normalized spacial score (nSPS) is 17.8. The maximum atomic E-state index is 13.3. The van der Waals surface area contributed by atoms with Crippen LogP contribution in [0.25, 0.3) is 11.0 Å². The number of carbonyl (C=O) groups is 2. The zero-order valence-electron chi connectivity index (χ0n) is 18.7. The highest BCUT2D eigenvalue weighted by Crippen LogP contribution is 2.29. The number of esters is 1. The van der Waals surface area contributed by atoms with Crippen molar-refractivity contribution in [2.24, 2.45) is 5.92 Å². The van der Waals surface area contributed by atoms with Crippen LogP contribution < -0.4 is 4.90 Å². The van der Waals surface area contributed by atoms with Gasteiger partial charge < -0.3 is 14.5 Å². The van der Waals surface area contributed by atoms with E-state index in [1.54, 1.807) is 4.90 Å². The molecule has 4 heterocycles. The monoisotopic (exact) mass is 425 g/mol. The third-order valence-electron chi connectivity index (χ3n) is 6.22. The van der Waals surface area contributed by atoms with E-state index in [1.165, 1.54) is 6.42 Å². The predicted molar refractivity (Wildman–Crippen MR) is 118 cm³/mol. The van der Waals surface area contributed by atoms with Gasteiger partial charge in [-0.25, -0.2) is 15.0 Å². The van der Waals surface area contributed by atoms with Crippen molar-refractivity contribution in [1.29, 1.82) is 0 Å². The fourth-order valence-electron chi connectivity index (χ4n) is 4.61. The molecule has 0 spiro atoms. The lowest BCUT2D eigenvalue weighted by Crippen LogP contribution is -2.41. The van der Waals surface area contributed by atoms with Crippen LogP contribution in [-0.4, -0.2) is 64.5 Å². The molecular formula is C23H31N5O3. The van der Waals surface area contributed by atoms with Crippen LogP contribution in [0.1, 0.15) is 60.9 Å². The van der Waals surface area contributed by atoms with Gasteiger partial charge in [0.15, 0.2) is 5.65 Å². The highest BCUT2D eigenvalue weighted by atomic mass is 16.5. The number of anilines is 1. The number of carbonyl (C=O) groups excluding carboxylic acids is 2. The number of aryl methyl sites for hydroxylation is 2. The van der Waals surface area contributed by atoms with Crippen LogP contribution >= 0.6 is 0 Å². The second-order valence-corrected chi connectivity index (χ2v) is 8.52. The average molecular weight is 426 g/mol. The second kappa shape index (κ2) is 9.16. The first-order valence-electron chi connectivity index (χ1n) is 11.3. The van der Waals surface area contributed by atoms with Gasteiger partial charge in [0, 0.05) is 31.9 Å². The van der Waals surface area contributed by atoms with Gasteiger partial charge in [-0.1, -0.05) is 0 Å². The van der Waals surface area contributed by atoms with Crippen molar-refractivity contribution in [2.45, 2.75) is 52.9 Å². The Balaban J connectivity index is 1.63. The third-order valence-corrected chi connectivity index (χ3v) is 6.22. The smallest absolute Gasteiger partial charge is 0.309 e. The highest BCUT2D eigenvalue weighted by molar-refractivity contribution is 5.97. The average Bonchev–Trinajstić information content (AvgIpc) is 2.78. The van der Waals surface area contributed by atoms with Gasteiger partial charge in [-0.2, -0.15) is 0 Å². The van der Waals surface area contributed by atoms with E-state index in [4.69, 9.17) is 9.72 Å². The van der Waals surface area contributed by atoms with Crippen molar-refractivity contribution in [2.75, 3.05) is 37.7 Å². The molecule has 0 aromatic carbocycles. The summed E-state index contributed by atoms with van der Waals surface area (Å²) >= 11 is 0. The summed E-state index contributed by atoms with van der Waals surface area (Å²) in [5.41, 5.74) is 2.54. The molecule has 31 heavy (non-hydrogen) atoms. The van der Waals surface area contributed by atoms with Crippen LogP contribution in [0.5, 0.6) is 0 Å². The molecule has 0 N–H and O–H groups in total. The number of fused-ring (bicyclic) bond motifs is 1. The summed E-state index contributed by atoms with van der Waals surface area (Å²) in [5.74, 6) is 0.513. The van der Waals surface area contributed by atoms with Crippen LogP contribution in [0, 0.1) is 19.8 Å². The summed E-state index contributed by atoms with van der Waals surface area (Å²) in [5, 5.41) is 0.935. The number of ether oxygens (including phenoxy) is 1. The van der Waals surface area contributed by atoms with Crippen molar-refractivity contribution in [1.82, 2.24) is 19.9 Å². The van der Waals surface area contributed by atoms with Crippen LogP contribution in [0.4, 0.5) is 5.82 Å². The molecule has 0 atom stereocenters. The molecule has 2 aromatic heterocycles. The Morgan fingerprint density at radius 1 is 1.03 bits per heavy atom.